The predicted octanol–water partition coefficient (Wildman–Crippen LogP) is 2.91. The van der Waals surface area contributed by atoms with E-state index in [4.69, 9.17) is 0 Å². The highest BCUT2D eigenvalue weighted by Crippen LogP contribution is 2.39. The van der Waals surface area contributed by atoms with Crippen LogP contribution in [0.4, 0.5) is 24.5 Å². The van der Waals surface area contributed by atoms with Gasteiger partial charge in [0.05, 0.1) is 11.9 Å². The second kappa shape index (κ2) is 5.79. The Hall–Kier alpha value is -2.51. The van der Waals surface area contributed by atoms with Crippen LogP contribution >= 0.6 is 0 Å². The maximum absolute atomic E-state index is 13.3. The molecule has 25 heavy (non-hydrogen) atoms. The van der Waals surface area contributed by atoms with Crippen LogP contribution in [0.25, 0.3) is 0 Å². The number of nitrogens with zero attached hydrogens (tertiary/aromatic N) is 3. The van der Waals surface area contributed by atoms with Crippen LogP contribution in [0.2, 0.25) is 0 Å². The van der Waals surface area contributed by atoms with Crippen molar-refractivity contribution in [2.24, 2.45) is 0 Å². The number of rotatable bonds is 2. The summed E-state index contributed by atoms with van der Waals surface area (Å²) in [6, 6.07) is 5.90. The summed E-state index contributed by atoms with van der Waals surface area (Å²) in [5.74, 6) is 0. The van der Waals surface area contributed by atoms with E-state index in [0.717, 1.165) is 48.9 Å². The fraction of sp³-hybridized carbons (Fsp3) is 0.412. The monoisotopic (exact) mass is 350 g/mol. The van der Waals surface area contributed by atoms with E-state index in [-0.39, 0.29) is 5.69 Å². The van der Waals surface area contributed by atoms with E-state index >= 15 is 0 Å². The molecule has 8 heteroatoms. The smallest absolute Gasteiger partial charge is 0.371 e. The molecule has 5 nitrogen and oxygen atoms in total. The summed E-state index contributed by atoms with van der Waals surface area (Å²) in [5.41, 5.74) is 0.568. The van der Waals surface area contributed by atoms with Crippen molar-refractivity contribution in [3.05, 3.63) is 51.4 Å². The molecule has 0 amide bonds. The fourth-order valence-corrected chi connectivity index (χ4v) is 3.73. The van der Waals surface area contributed by atoms with Gasteiger partial charge in [-0.1, -0.05) is 12.1 Å². The Balaban J connectivity index is 1.73. The van der Waals surface area contributed by atoms with Gasteiger partial charge >= 0.3 is 6.18 Å². The van der Waals surface area contributed by atoms with Crippen molar-refractivity contribution in [3.63, 3.8) is 0 Å². The van der Waals surface area contributed by atoms with E-state index in [0.29, 0.717) is 13.1 Å². The van der Waals surface area contributed by atoms with E-state index in [1.54, 1.807) is 4.90 Å². The van der Waals surface area contributed by atoms with Crippen LogP contribution in [-0.4, -0.2) is 23.3 Å². The van der Waals surface area contributed by atoms with Gasteiger partial charge < -0.3 is 9.80 Å². The van der Waals surface area contributed by atoms with Crippen LogP contribution in [0.1, 0.15) is 29.5 Å². The van der Waals surface area contributed by atoms with Crippen molar-refractivity contribution in [3.8, 4) is 0 Å². The number of H-pyrrole nitrogens is 1. The molecular weight excluding hydrogens is 333 g/mol. The normalized spacial score (nSPS) is 17.2. The standard InChI is InChI=1S/C17H17F3N4O/c18-17(19,20)15-14(8-21-22-16(15)25)24-9-11-4-3-5-13(12(11)10-24)23-6-1-2-7-23/h3-5,8H,1-2,6-7,9-10H2,(H,22,25). The minimum atomic E-state index is -4.72. The van der Waals surface area contributed by atoms with Crippen molar-refractivity contribution in [1.29, 1.82) is 0 Å². The first kappa shape index (κ1) is 16.0. The molecule has 0 atom stereocenters. The first-order valence-electron chi connectivity index (χ1n) is 8.20. The second-order valence-corrected chi connectivity index (χ2v) is 6.42. The van der Waals surface area contributed by atoms with Crippen LogP contribution < -0.4 is 15.4 Å². The SMILES string of the molecule is O=c1[nH]ncc(N2Cc3cccc(N4CCCC4)c3C2)c1C(F)(F)F. The Bertz CT molecular complexity index is 856. The summed E-state index contributed by atoms with van der Waals surface area (Å²) in [5, 5.41) is 5.46. The Morgan fingerprint density at radius 2 is 1.80 bits per heavy atom. The number of fused-ring (bicyclic) bond motifs is 1. The number of halogens is 3. The number of anilines is 2. The zero-order valence-electron chi connectivity index (χ0n) is 13.4. The highest BCUT2D eigenvalue weighted by atomic mass is 19.4. The van der Waals surface area contributed by atoms with E-state index in [2.05, 4.69) is 10.00 Å². The van der Waals surface area contributed by atoms with Crippen LogP contribution in [-0.2, 0) is 19.3 Å². The molecule has 1 N–H and O–H groups in total. The minimum Gasteiger partial charge on any atom is -0.371 e. The summed E-state index contributed by atoms with van der Waals surface area (Å²) < 4.78 is 40.0. The topological polar surface area (TPSA) is 52.2 Å². The van der Waals surface area contributed by atoms with Gasteiger partial charge in [0, 0.05) is 31.9 Å². The first-order valence-corrected chi connectivity index (χ1v) is 8.20. The molecule has 3 heterocycles. The highest BCUT2D eigenvalue weighted by Gasteiger charge is 2.40. The molecular formula is C17H17F3N4O. The second-order valence-electron chi connectivity index (χ2n) is 6.42. The molecule has 2 aliphatic heterocycles. The number of aromatic nitrogens is 2. The Morgan fingerprint density at radius 1 is 1.04 bits per heavy atom. The summed E-state index contributed by atoms with van der Waals surface area (Å²) in [6.07, 6.45) is -1.38. The van der Waals surface area contributed by atoms with Gasteiger partial charge in [-0.25, -0.2) is 5.10 Å². The van der Waals surface area contributed by atoms with Gasteiger partial charge in [-0.2, -0.15) is 18.3 Å². The lowest BCUT2D eigenvalue weighted by atomic mass is 10.1. The third-order valence-electron chi connectivity index (χ3n) is 4.87. The number of benzene rings is 1. The third-order valence-corrected chi connectivity index (χ3v) is 4.87. The molecule has 1 aromatic heterocycles. The van der Waals surface area contributed by atoms with Gasteiger partial charge in [-0.3, -0.25) is 4.79 Å². The summed E-state index contributed by atoms with van der Waals surface area (Å²) in [6.45, 7) is 2.62. The average Bonchev–Trinajstić information content (AvgIpc) is 3.22. The summed E-state index contributed by atoms with van der Waals surface area (Å²) >= 11 is 0. The van der Waals surface area contributed by atoms with Crippen LogP contribution in [0.3, 0.4) is 0 Å². The quantitative estimate of drug-likeness (QED) is 0.905. The number of aromatic amines is 1. The molecule has 2 aliphatic rings. The van der Waals surface area contributed by atoms with E-state index in [1.165, 1.54) is 0 Å². The van der Waals surface area contributed by atoms with E-state index in [9.17, 15) is 18.0 Å². The zero-order chi connectivity index (χ0) is 17.6. The number of hydrogen-bond donors (Lipinski definition) is 1. The van der Waals surface area contributed by atoms with Crippen LogP contribution in [0, 0.1) is 0 Å². The van der Waals surface area contributed by atoms with Gasteiger partial charge in [-0.15, -0.1) is 0 Å². The Labute approximate surface area is 142 Å². The predicted molar refractivity (Wildman–Crippen MR) is 87.6 cm³/mol. The van der Waals surface area contributed by atoms with E-state index in [1.807, 2.05) is 23.3 Å². The van der Waals surface area contributed by atoms with Gasteiger partial charge in [0.1, 0.15) is 5.56 Å². The van der Waals surface area contributed by atoms with Crippen molar-refractivity contribution >= 4 is 11.4 Å². The largest absolute Gasteiger partial charge is 0.423 e. The summed E-state index contributed by atoms with van der Waals surface area (Å²) in [4.78, 5) is 15.6. The average molecular weight is 350 g/mol. The van der Waals surface area contributed by atoms with Crippen molar-refractivity contribution in [2.45, 2.75) is 32.1 Å². The van der Waals surface area contributed by atoms with Crippen LogP contribution in [0.15, 0.2) is 29.2 Å². The van der Waals surface area contributed by atoms with Gasteiger partial charge in [0.25, 0.3) is 5.56 Å². The molecule has 0 radical (unpaired) electrons. The molecule has 1 fully saturated rings. The van der Waals surface area contributed by atoms with Crippen molar-refractivity contribution in [1.82, 2.24) is 10.2 Å². The summed E-state index contributed by atoms with van der Waals surface area (Å²) in [7, 11) is 0. The lowest BCUT2D eigenvalue weighted by Gasteiger charge is -2.23. The zero-order valence-corrected chi connectivity index (χ0v) is 13.4. The molecule has 4 rings (SSSR count). The molecule has 1 saturated heterocycles. The number of hydrogen-bond acceptors (Lipinski definition) is 4. The molecule has 132 valence electrons. The number of nitrogens with one attached hydrogen (secondary N) is 1. The molecule has 0 spiro atoms. The third kappa shape index (κ3) is 2.75. The van der Waals surface area contributed by atoms with Crippen molar-refractivity contribution < 1.29 is 13.2 Å². The van der Waals surface area contributed by atoms with Crippen LogP contribution in [0.5, 0.6) is 0 Å². The maximum atomic E-state index is 13.3. The highest BCUT2D eigenvalue weighted by molar-refractivity contribution is 5.64. The Morgan fingerprint density at radius 3 is 2.52 bits per heavy atom. The molecule has 1 aromatic carbocycles. The molecule has 0 saturated carbocycles. The molecule has 2 aromatic rings. The lowest BCUT2D eigenvalue weighted by molar-refractivity contribution is -0.138. The fourth-order valence-electron chi connectivity index (χ4n) is 3.73. The maximum Gasteiger partial charge on any atom is 0.423 e. The lowest BCUT2D eigenvalue weighted by Crippen LogP contribution is -2.28. The molecule has 0 aliphatic carbocycles. The van der Waals surface area contributed by atoms with E-state index < -0.39 is 17.3 Å². The molecule has 0 bridgehead atoms. The van der Waals surface area contributed by atoms with Crippen molar-refractivity contribution in [2.75, 3.05) is 22.9 Å². The molecule has 0 unspecified atom stereocenters. The first-order chi connectivity index (χ1) is 11.9. The van der Waals surface area contributed by atoms with Gasteiger partial charge in [-0.05, 0) is 30.0 Å². The van der Waals surface area contributed by atoms with Gasteiger partial charge in [0.2, 0.25) is 0 Å². The minimum absolute atomic E-state index is 0.167. The number of alkyl halides is 3. The van der Waals surface area contributed by atoms with Gasteiger partial charge in [0.15, 0.2) is 0 Å². The Kier molecular flexibility index (Phi) is 3.70.